The lowest BCUT2D eigenvalue weighted by molar-refractivity contribution is -0.131. The smallest absolute Gasteiger partial charge is 0.328 e. The van der Waals surface area contributed by atoms with Gasteiger partial charge in [0.15, 0.2) is 0 Å². The predicted molar refractivity (Wildman–Crippen MR) is 58.1 cm³/mol. The quantitative estimate of drug-likeness (QED) is 0.672. The lowest BCUT2D eigenvalue weighted by Crippen LogP contribution is -2.13. The van der Waals surface area contributed by atoms with Gasteiger partial charge in [-0.05, 0) is 19.1 Å². The van der Waals surface area contributed by atoms with Crippen molar-refractivity contribution in [2.75, 3.05) is 5.32 Å². The van der Waals surface area contributed by atoms with E-state index in [1.54, 1.807) is 12.1 Å². The summed E-state index contributed by atoms with van der Waals surface area (Å²) < 4.78 is 0. The number of carboxylic acid groups (broad SMARTS) is 1. The van der Waals surface area contributed by atoms with E-state index in [1.165, 1.54) is 19.1 Å². The third-order valence-electron chi connectivity index (χ3n) is 1.80. The molecule has 0 spiro atoms. The van der Waals surface area contributed by atoms with Crippen LogP contribution in [0.2, 0.25) is 0 Å². The fraction of sp³-hybridized carbons (Fsp3) is 0.0909. The maximum Gasteiger partial charge on any atom is 0.328 e. The number of aliphatic carboxylic acids is 1. The van der Waals surface area contributed by atoms with Crippen LogP contribution in [0.1, 0.15) is 6.92 Å². The molecule has 1 aromatic rings. The van der Waals surface area contributed by atoms with Crippen molar-refractivity contribution in [3.63, 3.8) is 0 Å². The van der Waals surface area contributed by atoms with Gasteiger partial charge in [-0.3, -0.25) is 4.79 Å². The van der Waals surface area contributed by atoms with Crippen LogP contribution in [0.25, 0.3) is 0 Å². The Balaban J connectivity index is 2.75. The van der Waals surface area contributed by atoms with Crippen LogP contribution in [0, 0.1) is 0 Å². The van der Waals surface area contributed by atoms with Crippen LogP contribution < -0.4 is 5.32 Å². The fourth-order valence-electron chi connectivity index (χ4n) is 1.06. The molecule has 0 atom stereocenters. The van der Waals surface area contributed by atoms with Crippen molar-refractivity contribution >= 4 is 17.6 Å². The maximum atomic E-state index is 11.4. The minimum absolute atomic E-state index is 0.0256. The van der Waals surface area contributed by atoms with Crippen molar-refractivity contribution in [2.24, 2.45) is 0 Å². The molecule has 0 aliphatic carbocycles. The molecule has 84 valence electrons. The van der Waals surface area contributed by atoms with Crippen LogP contribution in [-0.4, -0.2) is 22.1 Å². The number of carbonyl (C=O) groups is 2. The molecule has 0 fully saturated rings. The summed E-state index contributed by atoms with van der Waals surface area (Å²) in [5, 5.41) is 20.1. The monoisotopic (exact) mass is 221 g/mol. The average Bonchev–Trinajstić information content (AvgIpc) is 2.16. The second-order valence-electron chi connectivity index (χ2n) is 3.17. The molecular formula is C11H11NO4. The van der Waals surface area contributed by atoms with Crippen molar-refractivity contribution in [3.8, 4) is 5.75 Å². The Labute approximate surface area is 92.0 Å². The first-order chi connectivity index (χ1) is 7.49. The average molecular weight is 221 g/mol. The molecule has 1 rings (SSSR count). The first kappa shape index (κ1) is 11.8. The second kappa shape index (κ2) is 4.97. The van der Waals surface area contributed by atoms with Crippen molar-refractivity contribution in [1.29, 1.82) is 0 Å². The zero-order valence-corrected chi connectivity index (χ0v) is 8.60. The maximum absolute atomic E-state index is 11.4. The van der Waals surface area contributed by atoms with E-state index < -0.39 is 11.9 Å². The number of aromatic hydroxyl groups is 1. The van der Waals surface area contributed by atoms with Gasteiger partial charge in [-0.15, -0.1) is 0 Å². The lowest BCUT2D eigenvalue weighted by atomic mass is 10.2. The second-order valence-corrected chi connectivity index (χ2v) is 3.17. The first-order valence-corrected chi connectivity index (χ1v) is 4.50. The summed E-state index contributed by atoms with van der Waals surface area (Å²) in [4.78, 5) is 21.8. The Kier molecular flexibility index (Phi) is 3.66. The zero-order valence-electron chi connectivity index (χ0n) is 8.60. The molecule has 0 aromatic heterocycles. The van der Waals surface area contributed by atoms with E-state index in [9.17, 15) is 9.59 Å². The molecule has 0 heterocycles. The van der Waals surface area contributed by atoms with Crippen LogP contribution in [0.4, 0.5) is 5.69 Å². The van der Waals surface area contributed by atoms with Gasteiger partial charge >= 0.3 is 5.97 Å². The minimum atomic E-state index is -1.18. The molecule has 5 nitrogen and oxygen atoms in total. The minimum Gasteiger partial charge on any atom is -0.508 e. The third kappa shape index (κ3) is 3.45. The van der Waals surface area contributed by atoms with E-state index in [0.717, 1.165) is 6.08 Å². The molecule has 0 saturated heterocycles. The first-order valence-electron chi connectivity index (χ1n) is 4.50. The molecule has 1 amide bonds. The number of rotatable bonds is 3. The predicted octanol–water partition coefficient (Wildman–Crippen LogP) is 1.36. The SMILES string of the molecule is CC(=CC(=O)O)C(=O)Nc1cccc(O)c1. The molecule has 3 N–H and O–H groups in total. The lowest BCUT2D eigenvalue weighted by Gasteiger charge is -2.04. The highest BCUT2D eigenvalue weighted by molar-refractivity contribution is 6.06. The number of nitrogens with one attached hydrogen (secondary N) is 1. The molecule has 0 unspecified atom stereocenters. The van der Waals surface area contributed by atoms with Crippen molar-refractivity contribution in [3.05, 3.63) is 35.9 Å². The highest BCUT2D eigenvalue weighted by Gasteiger charge is 2.06. The molecule has 0 saturated carbocycles. The summed E-state index contributed by atoms with van der Waals surface area (Å²) in [5.41, 5.74) is 0.485. The third-order valence-corrected chi connectivity index (χ3v) is 1.80. The highest BCUT2D eigenvalue weighted by atomic mass is 16.4. The summed E-state index contributed by atoms with van der Waals surface area (Å²) >= 11 is 0. The van der Waals surface area contributed by atoms with Crippen LogP contribution >= 0.6 is 0 Å². The summed E-state index contributed by atoms with van der Waals surface area (Å²) in [6, 6.07) is 5.99. The molecule has 0 aliphatic heterocycles. The Hall–Kier alpha value is -2.30. The Morgan fingerprint density at radius 3 is 2.62 bits per heavy atom. The van der Waals surface area contributed by atoms with E-state index in [1.807, 2.05) is 0 Å². The molecule has 5 heteroatoms. The fourth-order valence-corrected chi connectivity index (χ4v) is 1.06. The highest BCUT2D eigenvalue weighted by Crippen LogP contribution is 2.15. The zero-order chi connectivity index (χ0) is 12.1. The number of benzene rings is 1. The number of carboxylic acids is 1. The van der Waals surface area contributed by atoms with Crippen LogP contribution in [0.5, 0.6) is 5.75 Å². The van der Waals surface area contributed by atoms with E-state index >= 15 is 0 Å². The van der Waals surface area contributed by atoms with Gasteiger partial charge in [0.05, 0.1) is 0 Å². The number of hydrogen-bond donors (Lipinski definition) is 3. The van der Waals surface area contributed by atoms with Gasteiger partial charge in [-0.1, -0.05) is 6.07 Å². The van der Waals surface area contributed by atoms with Gasteiger partial charge < -0.3 is 15.5 Å². The Morgan fingerprint density at radius 2 is 2.06 bits per heavy atom. The van der Waals surface area contributed by atoms with E-state index in [0.29, 0.717) is 5.69 Å². The Bertz CT molecular complexity index is 451. The van der Waals surface area contributed by atoms with E-state index in [4.69, 9.17) is 10.2 Å². The molecule has 0 radical (unpaired) electrons. The topological polar surface area (TPSA) is 86.6 Å². The number of phenolic OH excluding ortho intramolecular Hbond substituents is 1. The van der Waals surface area contributed by atoms with Gasteiger partial charge in [0.25, 0.3) is 5.91 Å². The standard InChI is InChI=1S/C11H11NO4/c1-7(5-10(14)15)11(16)12-8-3-2-4-9(13)6-8/h2-6,13H,1H3,(H,12,16)(H,14,15). The summed E-state index contributed by atoms with van der Waals surface area (Å²) in [6.45, 7) is 1.40. The van der Waals surface area contributed by atoms with Crippen LogP contribution in [-0.2, 0) is 9.59 Å². The van der Waals surface area contributed by atoms with Crippen LogP contribution in [0.3, 0.4) is 0 Å². The summed E-state index contributed by atoms with van der Waals surface area (Å²) in [6.07, 6.45) is 0.818. The molecular weight excluding hydrogens is 210 g/mol. The largest absolute Gasteiger partial charge is 0.508 e. The van der Waals surface area contributed by atoms with Crippen LogP contribution in [0.15, 0.2) is 35.9 Å². The van der Waals surface area contributed by atoms with Crippen molar-refractivity contribution in [1.82, 2.24) is 0 Å². The van der Waals surface area contributed by atoms with Gasteiger partial charge in [-0.2, -0.15) is 0 Å². The van der Waals surface area contributed by atoms with Crippen molar-refractivity contribution in [2.45, 2.75) is 6.92 Å². The molecule has 1 aromatic carbocycles. The number of amides is 1. The molecule has 16 heavy (non-hydrogen) atoms. The molecule has 0 aliphatic rings. The summed E-state index contributed by atoms with van der Waals surface area (Å²) in [5.74, 6) is -1.67. The summed E-state index contributed by atoms with van der Waals surface area (Å²) in [7, 11) is 0. The Morgan fingerprint density at radius 1 is 1.38 bits per heavy atom. The van der Waals surface area contributed by atoms with Crippen molar-refractivity contribution < 1.29 is 19.8 Å². The number of carbonyl (C=O) groups excluding carboxylic acids is 1. The van der Waals surface area contributed by atoms with E-state index in [-0.39, 0.29) is 11.3 Å². The van der Waals surface area contributed by atoms with Gasteiger partial charge in [0.2, 0.25) is 0 Å². The number of anilines is 1. The van der Waals surface area contributed by atoms with E-state index in [2.05, 4.69) is 5.32 Å². The van der Waals surface area contributed by atoms with Gasteiger partial charge in [-0.25, -0.2) is 4.79 Å². The number of phenols is 1. The van der Waals surface area contributed by atoms with Gasteiger partial charge in [0, 0.05) is 23.4 Å². The molecule has 0 bridgehead atoms. The normalized spacial score (nSPS) is 10.9. The number of hydrogen-bond acceptors (Lipinski definition) is 3. The van der Waals surface area contributed by atoms with Gasteiger partial charge in [0.1, 0.15) is 5.75 Å².